The van der Waals surface area contributed by atoms with Crippen molar-refractivity contribution in [1.82, 2.24) is 0 Å². The molecule has 0 saturated heterocycles. The number of anilines is 1. The molecule has 6 nitrogen and oxygen atoms in total. The van der Waals surface area contributed by atoms with Gasteiger partial charge in [0, 0.05) is 31.0 Å². The van der Waals surface area contributed by atoms with E-state index in [0.717, 1.165) is 17.7 Å². The first-order chi connectivity index (χ1) is 10.1. The van der Waals surface area contributed by atoms with Crippen LogP contribution in [-0.2, 0) is 15.9 Å². The summed E-state index contributed by atoms with van der Waals surface area (Å²) in [6, 6.07) is 5.41. The van der Waals surface area contributed by atoms with Gasteiger partial charge in [0.1, 0.15) is 6.10 Å². The number of nitrogens with one attached hydrogen (secondary N) is 1. The number of methoxy groups -OCH3 is 1. The molecule has 1 aliphatic carbocycles. The summed E-state index contributed by atoms with van der Waals surface area (Å²) in [5.41, 5.74) is 1.66. The van der Waals surface area contributed by atoms with E-state index in [9.17, 15) is 10.1 Å². The van der Waals surface area contributed by atoms with Crippen LogP contribution in [-0.4, -0.2) is 36.9 Å². The van der Waals surface area contributed by atoms with E-state index in [-0.39, 0.29) is 28.9 Å². The lowest BCUT2D eigenvalue weighted by molar-refractivity contribution is -0.385. The van der Waals surface area contributed by atoms with Gasteiger partial charge >= 0.3 is 0 Å². The zero-order valence-corrected chi connectivity index (χ0v) is 12.7. The minimum Gasteiger partial charge on any atom is -0.379 e. The number of aryl methyl sites for hydroxylation is 1. The molecule has 3 atom stereocenters. The number of benzene rings is 1. The lowest BCUT2D eigenvalue weighted by Crippen LogP contribution is -2.56. The Morgan fingerprint density at radius 3 is 2.76 bits per heavy atom. The molecule has 1 N–H and O–H groups in total. The van der Waals surface area contributed by atoms with Gasteiger partial charge in [0.25, 0.3) is 5.69 Å². The fraction of sp³-hybridized carbons (Fsp3) is 0.600. The van der Waals surface area contributed by atoms with Crippen LogP contribution in [0.2, 0.25) is 0 Å². The maximum atomic E-state index is 11.1. The third kappa shape index (κ3) is 3.33. The van der Waals surface area contributed by atoms with Gasteiger partial charge in [-0.25, -0.2) is 0 Å². The lowest BCUT2D eigenvalue weighted by Gasteiger charge is -2.43. The molecule has 0 aliphatic heterocycles. The number of nitrogens with zero attached hydrogens (tertiary/aromatic N) is 1. The quantitative estimate of drug-likeness (QED) is 0.618. The smallest absolute Gasteiger partial charge is 0.274 e. The van der Waals surface area contributed by atoms with Gasteiger partial charge in [-0.15, -0.1) is 0 Å². The van der Waals surface area contributed by atoms with Crippen LogP contribution in [0.5, 0.6) is 0 Å². The number of rotatable bonds is 7. The van der Waals surface area contributed by atoms with Gasteiger partial charge in [-0.05, 0) is 25.8 Å². The molecule has 0 spiro atoms. The second-order valence-electron chi connectivity index (χ2n) is 5.13. The summed E-state index contributed by atoms with van der Waals surface area (Å²) in [6.07, 6.45) is 1.57. The van der Waals surface area contributed by atoms with Crippen LogP contribution in [0.15, 0.2) is 18.2 Å². The van der Waals surface area contributed by atoms with E-state index in [0.29, 0.717) is 13.0 Å². The Balaban J connectivity index is 2.07. The van der Waals surface area contributed by atoms with Crippen molar-refractivity contribution in [3.63, 3.8) is 0 Å². The molecular formula is C15H22N2O4. The van der Waals surface area contributed by atoms with Crippen molar-refractivity contribution >= 4 is 11.4 Å². The van der Waals surface area contributed by atoms with Gasteiger partial charge in [0.15, 0.2) is 0 Å². The number of hydrogen-bond donors (Lipinski definition) is 1. The van der Waals surface area contributed by atoms with Crippen molar-refractivity contribution in [2.24, 2.45) is 0 Å². The molecule has 0 bridgehead atoms. The fourth-order valence-corrected chi connectivity index (χ4v) is 2.75. The first kappa shape index (κ1) is 15.7. The Morgan fingerprint density at radius 1 is 1.43 bits per heavy atom. The summed E-state index contributed by atoms with van der Waals surface area (Å²) in [5, 5.41) is 14.4. The average Bonchev–Trinajstić information content (AvgIpc) is 2.46. The summed E-state index contributed by atoms with van der Waals surface area (Å²) in [4.78, 5) is 10.8. The highest BCUT2D eigenvalue weighted by atomic mass is 16.6. The predicted molar refractivity (Wildman–Crippen MR) is 80.7 cm³/mol. The van der Waals surface area contributed by atoms with Gasteiger partial charge in [0.2, 0.25) is 0 Å². The highest BCUT2D eigenvalue weighted by Crippen LogP contribution is 2.31. The molecule has 2 rings (SSSR count). The predicted octanol–water partition coefficient (Wildman–Crippen LogP) is 2.76. The Morgan fingerprint density at radius 2 is 2.19 bits per heavy atom. The van der Waals surface area contributed by atoms with Crippen LogP contribution >= 0.6 is 0 Å². The van der Waals surface area contributed by atoms with Gasteiger partial charge in [0.05, 0.1) is 17.1 Å². The second-order valence-corrected chi connectivity index (χ2v) is 5.13. The van der Waals surface area contributed by atoms with Crippen LogP contribution in [0.25, 0.3) is 0 Å². The Bertz CT molecular complexity index is 506. The van der Waals surface area contributed by atoms with E-state index >= 15 is 0 Å². The minimum atomic E-state index is -0.332. The number of hydrogen-bond acceptors (Lipinski definition) is 5. The van der Waals surface area contributed by atoms with E-state index in [1.807, 2.05) is 19.9 Å². The van der Waals surface area contributed by atoms with Crippen molar-refractivity contribution in [3.8, 4) is 0 Å². The van der Waals surface area contributed by atoms with E-state index < -0.39 is 0 Å². The van der Waals surface area contributed by atoms with Crippen molar-refractivity contribution < 1.29 is 14.4 Å². The summed E-state index contributed by atoms with van der Waals surface area (Å²) in [6.45, 7) is 4.53. The van der Waals surface area contributed by atoms with Crippen LogP contribution in [0, 0.1) is 10.1 Å². The summed E-state index contributed by atoms with van der Waals surface area (Å²) in [7, 11) is 1.66. The van der Waals surface area contributed by atoms with Crippen molar-refractivity contribution in [3.05, 3.63) is 33.9 Å². The topological polar surface area (TPSA) is 73.6 Å². The van der Waals surface area contributed by atoms with Crippen molar-refractivity contribution in [2.45, 2.75) is 44.9 Å². The largest absolute Gasteiger partial charge is 0.379 e. The SMILES string of the molecule is CCOC1CC(Nc2ccc(CC)c([N+](=O)[O-])c2)C1OC. The molecule has 1 aliphatic rings. The van der Waals surface area contributed by atoms with Gasteiger partial charge in [-0.3, -0.25) is 10.1 Å². The molecule has 6 heteroatoms. The van der Waals surface area contributed by atoms with E-state index in [1.54, 1.807) is 19.2 Å². The third-order valence-corrected chi connectivity index (χ3v) is 3.92. The minimum absolute atomic E-state index is 0.0187. The van der Waals surface area contributed by atoms with E-state index in [4.69, 9.17) is 9.47 Å². The Hall–Kier alpha value is -1.66. The molecule has 0 aromatic heterocycles. The van der Waals surface area contributed by atoms with Gasteiger partial charge in [-0.1, -0.05) is 13.0 Å². The van der Waals surface area contributed by atoms with Gasteiger partial charge < -0.3 is 14.8 Å². The zero-order valence-electron chi connectivity index (χ0n) is 12.7. The monoisotopic (exact) mass is 294 g/mol. The molecule has 3 unspecified atom stereocenters. The second kappa shape index (κ2) is 6.87. The molecule has 21 heavy (non-hydrogen) atoms. The average molecular weight is 294 g/mol. The van der Waals surface area contributed by atoms with E-state index in [2.05, 4.69) is 5.32 Å². The Kier molecular flexibility index (Phi) is 5.14. The van der Waals surface area contributed by atoms with Crippen LogP contribution in [0.1, 0.15) is 25.8 Å². The molecule has 116 valence electrons. The summed E-state index contributed by atoms with van der Waals surface area (Å²) < 4.78 is 11.0. The zero-order chi connectivity index (χ0) is 15.4. The third-order valence-electron chi connectivity index (χ3n) is 3.92. The number of nitro groups is 1. The molecule has 1 aromatic rings. The number of ether oxygens (including phenoxy) is 2. The number of nitro benzene ring substituents is 1. The highest BCUT2D eigenvalue weighted by Gasteiger charge is 2.42. The van der Waals surface area contributed by atoms with Crippen LogP contribution in [0.4, 0.5) is 11.4 Å². The van der Waals surface area contributed by atoms with Crippen LogP contribution < -0.4 is 5.32 Å². The molecule has 0 radical (unpaired) electrons. The lowest BCUT2D eigenvalue weighted by atomic mass is 9.85. The fourth-order valence-electron chi connectivity index (χ4n) is 2.75. The van der Waals surface area contributed by atoms with Crippen molar-refractivity contribution in [1.29, 1.82) is 0 Å². The summed E-state index contributed by atoms with van der Waals surface area (Å²) >= 11 is 0. The first-order valence-electron chi connectivity index (χ1n) is 7.28. The first-order valence-corrected chi connectivity index (χ1v) is 7.28. The standard InChI is InChI=1S/C15H22N2O4/c1-4-10-6-7-11(8-13(10)17(18)19)16-12-9-14(21-5-2)15(12)20-3/h6-8,12,14-16H,4-5,9H2,1-3H3. The highest BCUT2D eigenvalue weighted by molar-refractivity contribution is 5.56. The Labute approximate surface area is 124 Å². The van der Waals surface area contributed by atoms with Crippen molar-refractivity contribution in [2.75, 3.05) is 19.0 Å². The molecule has 0 amide bonds. The molecule has 1 aromatic carbocycles. The van der Waals surface area contributed by atoms with Gasteiger partial charge in [-0.2, -0.15) is 0 Å². The molecule has 0 heterocycles. The molecule has 1 saturated carbocycles. The maximum Gasteiger partial charge on any atom is 0.274 e. The maximum absolute atomic E-state index is 11.1. The van der Waals surface area contributed by atoms with Crippen LogP contribution in [0.3, 0.4) is 0 Å². The summed E-state index contributed by atoms with van der Waals surface area (Å²) in [5.74, 6) is 0. The normalized spacial score (nSPS) is 24.4. The molecular weight excluding hydrogens is 272 g/mol. The molecule has 1 fully saturated rings. The van der Waals surface area contributed by atoms with E-state index in [1.165, 1.54) is 0 Å².